The van der Waals surface area contributed by atoms with Crippen molar-refractivity contribution in [3.8, 4) is 0 Å². The Morgan fingerprint density at radius 3 is 2.54 bits per heavy atom. The van der Waals surface area contributed by atoms with E-state index in [1.54, 1.807) is 6.07 Å². The molecule has 0 bridgehead atoms. The lowest BCUT2D eigenvalue weighted by Crippen LogP contribution is -2.26. The summed E-state index contributed by atoms with van der Waals surface area (Å²) in [5, 5.41) is 3.63. The van der Waals surface area contributed by atoms with Gasteiger partial charge in [-0.15, -0.1) is 0 Å². The molecule has 0 saturated carbocycles. The van der Waals surface area contributed by atoms with Gasteiger partial charge >= 0.3 is 0 Å². The van der Waals surface area contributed by atoms with Gasteiger partial charge < -0.3 is 10.3 Å². The molecule has 0 unspecified atom stereocenters. The van der Waals surface area contributed by atoms with Crippen molar-refractivity contribution >= 4 is 22.6 Å². The van der Waals surface area contributed by atoms with Crippen LogP contribution in [0.3, 0.4) is 0 Å². The molecule has 3 rings (SSSR count). The summed E-state index contributed by atoms with van der Waals surface area (Å²) in [5.41, 5.74) is 2.52. The van der Waals surface area contributed by atoms with Crippen molar-refractivity contribution in [1.82, 2.24) is 10.3 Å². The molecule has 2 aromatic carbocycles. The molecular formula is C22H21FN2O3. The van der Waals surface area contributed by atoms with Gasteiger partial charge in [0.2, 0.25) is 5.91 Å². The van der Waals surface area contributed by atoms with E-state index in [9.17, 15) is 18.8 Å². The minimum atomic E-state index is -0.394. The van der Waals surface area contributed by atoms with Crippen molar-refractivity contribution in [2.24, 2.45) is 0 Å². The number of nitrogens with one attached hydrogen (secondary N) is 2. The van der Waals surface area contributed by atoms with Crippen LogP contribution in [0.25, 0.3) is 10.9 Å². The molecule has 0 radical (unpaired) electrons. The highest BCUT2D eigenvalue weighted by Gasteiger charge is 2.09. The number of aromatic nitrogens is 1. The summed E-state index contributed by atoms with van der Waals surface area (Å²) in [7, 11) is 0. The Morgan fingerprint density at radius 1 is 1.04 bits per heavy atom. The smallest absolute Gasteiger partial charge is 0.253 e. The number of aromatic amines is 1. The second kappa shape index (κ2) is 8.61. The first-order chi connectivity index (χ1) is 13.4. The molecule has 0 fully saturated rings. The predicted molar refractivity (Wildman–Crippen MR) is 106 cm³/mol. The van der Waals surface area contributed by atoms with Crippen LogP contribution in [-0.2, 0) is 11.3 Å². The fourth-order valence-corrected chi connectivity index (χ4v) is 2.97. The lowest BCUT2D eigenvalue weighted by atomic mass is 10.1. The predicted octanol–water partition coefficient (Wildman–Crippen LogP) is 3.65. The Balaban J connectivity index is 1.51. The number of carbonyl (C=O) groups is 2. The van der Waals surface area contributed by atoms with E-state index in [1.165, 1.54) is 24.3 Å². The molecule has 5 nitrogen and oxygen atoms in total. The standard InChI is InChI=1S/C22H21FN2O3/c1-14-5-10-19-16(11-14)12-17(22(28)25-19)13-24-21(27)4-2-3-20(26)15-6-8-18(23)9-7-15/h5-12H,2-4,13H2,1H3,(H,24,27)(H,25,28). The topological polar surface area (TPSA) is 79.0 Å². The number of halogens is 1. The van der Waals surface area contributed by atoms with Crippen LogP contribution in [0, 0.1) is 12.7 Å². The normalized spacial score (nSPS) is 10.8. The highest BCUT2D eigenvalue weighted by Crippen LogP contribution is 2.13. The van der Waals surface area contributed by atoms with Gasteiger partial charge in [0.25, 0.3) is 5.56 Å². The average molecular weight is 380 g/mol. The third-order valence-electron chi connectivity index (χ3n) is 4.53. The molecule has 1 aromatic heterocycles. The summed E-state index contributed by atoms with van der Waals surface area (Å²) in [4.78, 5) is 39.0. The van der Waals surface area contributed by atoms with Gasteiger partial charge in [0.1, 0.15) is 5.82 Å². The second-order valence-electron chi connectivity index (χ2n) is 6.77. The molecule has 6 heteroatoms. The Bertz CT molecular complexity index is 1070. The van der Waals surface area contributed by atoms with Gasteiger partial charge in [-0.05, 0) is 61.2 Å². The zero-order valence-corrected chi connectivity index (χ0v) is 15.5. The van der Waals surface area contributed by atoms with Crippen molar-refractivity contribution in [2.45, 2.75) is 32.7 Å². The van der Waals surface area contributed by atoms with E-state index in [0.29, 0.717) is 17.5 Å². The number of amides is 1. The number of pyridine rings is 1. The van der Waals surface area contributed by atoms with Crippen LogP contribution in [0.2, 0.25) is 0 Å². The van der Waals surface area contributed by atoms with Gasteiger partial charge in [0.05, 0.1) is 0 Å². The quantitative estimate of drug-likeness (QED) is 0.614. The molecule has 0 aliphatic rings. The van der Waals surface area contributed by atoms with Gasteiger partial charge in [-0.1, -0.05) is 11.6 Å². The van der Waals surface area contributed by atoms with Crippen LogP contribution in [0.1, 0.15) is 40.7 Å². The molecule has 0 aliphatic heterocycles. The van der Waals surface area contributed by atoms with Crippen molar-refractivity contribution in [1.29, 1.82) is 0 Å². The number of H-pyrrole nitrogens is 1. The van der Waals surface area contributed by atoms with Crippen LogP contribution in [0.15, 0.2) is 53.3 Å². The Kier molecular flexibility index (Phi) is 5.99. The molecule has 3 aromatic rings. The van der Waals surface area contributed by atoms with Crippen LogP contribution in [0.4, 0.5) is 4.39 Å². The third-order valence-corrected chi connectivity index (χ3v) is 4.53. The average Bonchev–Trinajstić information content (AvgIpc) is 2.67. The van der Waals surface area contributed by atoms with Gasteiger partial charge in [-0.3, -0.25) is 14.4 Å². The summed E-state index contributed by atoms with van der Waals surface area (Å²) in [6, 6.07) is 12.9. The molecule has 1 amide bonds. The Hall–Kier alpha value is -3.28. The van der Waals surface area contributed by atoms with Crippen LogP contribution < -0.4 is 10.9 Å². The van der Waals surface area contributed by atoms with Gasteiger partial charge in [0.15, 0.2) is 5.78 Å². The number of hydrogen-bond acceptors (Lipinski definition) is 3. The minimum absolute atomic E-state index is 0.129. The highest BCUT2D eigenvalue weighted by molar-refractivity contribution is 5.96. The molecule has 0 atom stereocenters. The largest absolute Gasteiger partial charge is 0.352 e. The lowest BCUT2D eigenvalue weighted by molar-refractivity contribution is -0.121. The first-order valence-electron chi connectivity index (χ1n) is 9.10. The number of aryl methyl sites for hydroxylation is 1. The summed E-state index contributed by atoms with van der Waals surface area (Å²) < 4.78 is 12.9. The summed E-state index contributed by atoms with van der Waals surface area (Å²) >= 11 is 0. The summed E-state index contributed by atoms with van der Waals surface area (Å²) in [5.74, 6) is -0.750. The number of Topliss-reactive ketones (excluding diaryl/α,β-unsaturated/α-hetero) is 1. The molecule has 1 heterocycles. The molecule has 2 N–H and O–H groups in total. The molecule has 28 heavy (non-hydrogen) atoms. The molecule has 0 aliphatic carbocycles. The van der Waals surface area contributed by atoms with Crippen molar-refractivity contribution in [3.05, 3.63) is 81.4 Å². The van der Waals surface area contributed by atoms with Crippen LogP contribution in [0.5, 0.6) is 0 Å². The van der Waals surface area contributed by atoms with Crippen molar-refractivity contribution < 1.29 is 14.0 Å². The van der Waals surface area contributed by atoms with Crippen molar-refractivity contribution in [3.63, 3.8) is 0 Å². The number of benzene rings is 2. The maximum atomic E-state index is 12.9. The number of hydrogen-bond donors (Lipinski definition) is 2. The van der Waals surface area contributed by atoms with Gasteiger partial charge in [-0.25, -0.2) is 4.39 Å². The zero-order valence-electron chi connectivity index (χ0n) is 15.5. The molecule has 0 spiro atoms. The molecular weight excluding hydrogens is 359 g/mol. The summed E-state index contributed by atoms with van der Waals surface area (Å²) in [6.07, 6.45) is 0.766. The van der Waals surface area contributed by atoms with Gasteiger partial charge in [0, 0.05) is 36.0 Å². The van der Waals surface area contributed by atoms with E-state index in [-0.39, 0.29) is 36.6 Å². The Morgan fingerprint density at radius 2 is 1.79 bits per heavy atom. The maximum Gasteiger partial charge on any atom is 0.253 e. The number of rotatable bonds is 7. The molecule has 0 saturated heterocycles. The second-order valence-corrected chi connectivity index (χ2v) is 6.77. The fraction of sp³-hybridized carbons (Fsp3) is 0.227. The lowest BCUT2D eigenvalue weighted by Gasteiger charge is -2.07. The zero-order chi connectivity index (χ0) is 20.1. The van der Waals surface area contributed by atoms with E-state index >= 15 is 0 Å². The summed E-state index contributed by atoms with van der Waals surface area (Å²) in [6.45, 7) is 2.10. The Labute approximate surface area is 161 Å². The monoisotopic (exact) mass is 380 g/mol. The maximum absolute atomic E-state index is 12.9. The number of fused-ring (bicyclic) bond motifs is 1. The third kappa shape index (κ3) is 4.91. The van der Waals surface area contributed by atoms with E-state index in [2.05, 4.69) is 10.3 Å². The highest BCUT2D eigenvalue weighted by atomic mass is 19.1. The van der Waals surface area contributed by atoms with E-state index in [1.807, 2.05) is 25.1 Å². The first-order valence-corrected chi connectivity index (χ1v) is 9.10. The van der Waals surface area contributed by atoms with Crippen molar-refractivity contribution in [2.75, 3.05) is 0 Å². The molecule has 144 valence electrons. The van der Waals surface area contributed by atoms with Crippen LogP contribution in [-0.4, -0.2) is 16.7 Å². The van der Waals surface area contributed by atoms with Gasteiger partial charge in [-0.2, -0.15) is 0 Å². The van der Waals surface area contributed by atoms with E-state index in [4.69, 9.17) is 0 Å². The van der Waals surface area contributed by atoms with E-state index in [0.717, 1.165) is 16.5 Å². The van der Waals surface area contributed by atoms with Crippen LogP contribution >= 0.6 is 0 Å². The fourth-order valence-electron chi connectivity index (χ4n) is 2.97. The first kappa shape index (κ1) is 19.5. The SMILES string of the molecule is Cc1ccc2[nH]c(=O)c(CNC(=O)CCCC(=O)c3ccc(F)cc3)cc2c1. The minimum Gasteiger partial charge on any atom is -0.352 e. The number of ketones is 1. The number of carbonyl (C=O) groups excluding carboxylic acids is 2. The van der Waals surface area contributed by atoms with E-state index < -0.39 is 5.82 Å².